The molecule has 0 fully saturated rings. The molecular weight excluding hydrogens is 321 g/mol. The minimum Gasteiger partial charge on any atom is -0.453 e. The maximum atomic E-state index is 13.8. The van der Waals surface area contributed by atoms with Gasteiger partial charge in [0.15, 0.2) is 11.6 Å². The van der Waals surface area contributed by atoms with E-state index in [1.165, 1.54) is 6.07 Å². The number of hydrogen-bond donors (Lipinski definition) is 0. The van der Waals surface area contributed by atoms with Gasteiger partial charge >= 0.3 is 0 Å². The van der Waals surface area contributed by atoms with Crippen molar-refractivity contribution in [1.29, 1.82) is 0 Å². The van der Waals surface area contributed by atoms with E-state index >= 15 is 0 Å². The maximum Gasteiger partial charge on any atom is 0.165 e. The molecule has 2 nitrogen and oxygen atoms in total. The second-order valence-corrected chi connectivity index (χ2v) is 5.37. The predicted molar refractivity (Wildman–Crippen MR) is 80.7 cm³/mol. The van der Waals surface area contributed by atoms with Crippen LogP contribution in [0.4, 0.5) is 4.39 Å². The number of nitrogens with zero attached hydrogens (tertiary/aromatic N) is 1. The molecule has 3 aromatic rings. The van der Waals surface area contributed by atoms with Gasteiger partial charge in [-0.3, -0.25) is 4.98 Å². The average Bonchev–Trinajstić information content (AvgIpc) is 2.43. The highest BCUT2D eigenvalue weighted by Gasteiger charge is 2.09. The first-order chi connectivity index (χ1) is 9.63. The molecule has 0 saturated heterocycles. The number of aryl methyl sites for hydroxylation is 1. The molecular formula is C16H11BrFNO. The second kappa shape index (κ2) is 5.21. The van der Waals surface area contributed by atoms with Crippen LogP contribution in [0, 0.1) is 12.7 Å². The third-order valence-corrected chi connectivity index (χ3v) is 3.41. The monoisotopic (exact) mass is 331 g/mol. The zero-order valence-electron chi connectivity index (χ0n) is 10.7. The van der Waals surface area contributed by atoms with Crippen molar-refractivity contribution in [2.24, 2.45) is 0 Å². The molecule has 1 heterocycles. The summed E-state index contributed by atoms with van der Waals surface area (Å²) < 4.78 is 20.3. The Morgan fingerprint density at radius 1 is 1.05 bits per heavy atom. The third-order valence-electron chi connectivity index (χ3n) is 2.92. The average molecular weight is 332 g/mol. The van der Waals surface area contributed by atoms with Crippen molar-refractivity contribution >= 4 is 26.8 Å². The van der Waals surface area contributed by atoms with Crippen LogP contribution in [0.25, 0.3) is 10.9 Å². The van der Waals surface area contributed by atoms with Gasteiger partial charge in [-0.1, -0.05) is 28.1 Å². The SMILES string of the molecule is Cc1cc(Oc2cc(Br)ccc2F)c2ccccc2n1. The standard InChI is InChI=1S/C16H11BrFNO/c1-10-8-15(12-4-2-3-5-14(12)19-10)20-16-9-11(17)6-7-13(16)18/h2-9H,1H3. The van der Waals surface area contributed by atoms with Crippen molar-refractivity contribution in [3.63, 3.8) is 0 Å². The Hall–Kier alpha value is -1.94. The third kappa shape index (κ3) is 2.51. The largest absolute Gasteiger partial charge is 0.453 e. The number of rotatable bonds is 2. The van der Waals surface area contributed by atoms with Gasteiger partial charge in [0.2, 0.25) is 0 Å². The fourth-order valence-corrected chi connectivity index (χ4v) is 2.37. The van der Waals surface area contributed by atoms with Gasteiger partial charge in [-0.2, -0.15) is 0 Å². The number of ether oxygens (including phenoxy) is 1. The number of aromatic nitrogens is 1. The molecule has 0 radical (unpaired) electrons. The summed E-state index contributed by atoms with van der Waals surface area (Å²) in [7, 11) is 0. The van der Waals surface area contributed by atoms with E-state index in [1.54, 1.807) is 12.1 Å². The number of pyridine rings is 1. The zero-order valence-corrected chi connectivity index (χ0v) is 12.3. The first-order valence-corrected chi connectivity index (χ1v) is 6.92. The predicted octanol–water partition coefficient (Wildman–Crippen LogP) is 5.24. The van der Waals surface area contributed by atoms with E-state index in [0.717, 1.165) is 21.1 Å². The normalized spacial score (nSPS) is 10.8. The minimum absolute atomic E-state index is 0.190. The van der Waals surface area contributed by atoms with E-state index in [1.807, 2.05) is 37.3 Å². The molecule has 2 aromatic carbocycles. The summed E-state index contributed by atoms with van der Waals surface area (Å²) in [6, 6.07) is 14.1. The molecule has 0 aliphatic carbocycles. The molecule has 0 saturated carbocycles. The van der Waals surface area contributed by atoms with Gasteiger partial charge in [-0.05, 0) is 37.3 Å². The van der Waals surface area contributed by atoms with Crippen molar-refractivity contribution in [2.45, 2.75) is 6.92 Å². The Morgan fingerprint density at radius 2 is 1.85 bits per heavy atom. The quantitative estimate of drug-likeness (QED) is 0.640. The Bertz CT molecular complexity index is 789. The van der Waals surface area contributed by atoms with Gasteiger partial charge < -0.3 is 4.74 Å². The molecule has 0 unspecified atom stereocenters. The number of para-hydroxylation sites is 1. The summed E-state index contributed by atoms with van der Waals surface area (Å²) in [5, 5.41) is 0.859. The molecule has 0 aliphatic rings. The number of fused-ring (bicyclic) bond motifs is 1. The van der Waals surface area contributed by atoms with E-state index < -0.39 is 5.82 Å². The van der Waals surface area contributed by atoms with Gasteiger partial charge in [-0.15, -0.1) is 0 Å². The lowest BCUT2D eigenvalue weighted by Gasteiger charge is -2.10. The highest BCUT2D eigenvalue weighted by molar-refractivity contribution is 9.10. The van der Waals surface area contributed by atoms with Crippen molar-refractivity contribution in [3.8, 4) is 11.5 Å². The molecule has 3 rings (SSSR count). The molecule has 0 spiro atoms. The fourth-order valence-electron chi connectivity index (χ4n) is 2.03. The van der Waals surface area contributed by atoms with E-state index in [4.69, 9.17) is 4.74 Å². The van der Waals surface area contributed by atoms with Crippen LogP contribution in [-0.4, -0.2) is 4.98 Å². The molecule has 1 aromatic heterocycles. The van der Waals surface area contributed by atoms with E-state index in [9.17, 15) is 4.39 Å². The van der Waals surface area contributed by atoms with Crippen LogP contribution in [0.1, 0.15) is 5.69 Å². The summed E-state index contributed by atoms with van der Waals surface area (Å²) >= 11 is 3.31. The van der Waals surface area contributed by atoms with Crippen LogP contribution in [0.2, 0.25) is 0 Å². The number of benzene rings is 2. The lowest BCUT2D eigenvalue weighted by molar-refractivity contribution is 0.445. The summed E-state index contributed by atoms with van der Waals surface area (Å²) in [5.74, 6) is 0.395. The maximum absolute atomic E-state index is 13.8. The summed E-state index contributed by atoms with van der Waals surface area (Å²) in [5.41, 5.74) is 1.66. The Labute approximate surface area is 124 Å². The summed E-state index contributed by atoms with van der Waals surface area (Å²) in [4.78, 5) is 4.43. The van der Waals surface area contributed by atoms with Gasteiger partial charge in [0.1, 0.15) is 5.75 Å². The van der Waals surface area contributed by atoms with Crippen LogP contribution in [0.15, 0.2) is 53.0 Å². The Kier molecular flexibility index (Phi) is 3.40. The molecule has 0 amide bonds. The van der Waals surface area contributed by atoms with Crippen LogP contribution >= 0.6 is 15.9 Å². The molecule has 20 heavy (non-hydrogen) atoms. The molecule has 4 heteroatoms. The second-order valence-electron chi connectivity index (χ2n) is 4.46. The summed E-state index contributed by atoms with van der Waals surface area (Å²) in [6.45, 7) is 1.89. The van der Waals surface area contributed by atoms with Crippen molar-refractivity contribution in [3.05, 3.63) is 64.5 Å². The highest BCUT2D eigenvalue weighted by atomic mass is 79.9. The van der Waals surface area contributed by atoms with Crippen molar-refractivity contribution in [1.82, 2.24) is 4.98 Å². The van der Waals surface area contributed by atoms with Crippen LogP contribution in [0.5, 0.6) is 11.5 Å². The number of halogens is 2. The molecule has 0 bridgehead atoms. The summed E-state index contributed by atoms with van der Waals surface area (Å²) in [6.07, 6.45) is 0. The van der Waals surface area contributed by atoms with E-state index in [2.05, 4.69) is 20.9 Å². The Morgan fingerprint density at radius 3 is 2.70 bits per heavy atom. The highest BCUT2D eigenvalue weighted by Crippen LogP contribution is 2.32. The van der Waals surface area contributed by atoms with E-state index in [-0.39, 0.29) is 5.75 Å². The molecule has 0 aliphatic heterocycles. The first kappa shape index (κ1) is 13.1. The van der Waals surface area contributed by atoms with Gasteiger partial charge in [0.25, 0.3) is 0 Å². The van der Waals surface area contributed by atoms with Crippen LogP contribution in [-0.2, 0) is 0 Å². The Balaban J connectivity index is 2.13. The van der Waals surface area contributed by atoms with Gasteiger partial charge in [-0.25, -0.2) is 4.39 Å². The van der Waals surface area contributed by atoms with Crippen molar-refractivity contribution in [2.75, 3.05) is 0 Å². The topological polar surface area (TPSA) is 22.1 Å². The fraction of sp³-hybridized carbons (Fsp3) is 0.0625. The van der Waals surface area contributed by atoms with Crippen molar-refractivity contribution < 1.29 is 9.13 Å². The van der Waals surface area contributed by atoms with Gasteiger partial charge in [0.05, 0.1) is 5.52 Å². The van der Waals surface area contributed by atoms with Gasteiger partial charge in [0, 0.05) is 21.6 Å². The lowest BCUT2D eigenvalue weighted by Crippen LogP contribution is -1.92. The zero-order chi connectivity index (χ0) is 14.1. The first-order valence-electron chi connectivity index (χ1n) is 6.13. The van der Waals surface area contributed by atoms with Crippen LogP contribution < -0.4 is 4.74 Å². The molecule has 0 atom stereocenters. The van der Waals surface area contributed by atoms with E-state index in [0.29, 0.717) is 5.75 Å². The molecule has 0 N–H and O–H groups in total. The lowest BCUT2D eigenvalue weighted by atomic mass is 10.2. The van der Waals surface area contributed by atoms with Crippen LogP contribution in [0.3, 0.4) is 0 Å². The minimum atomic E-state index is -0.397. The number of hydrogen-bond acceptors (Lipinski definition) is 2. The molecule has 100 valence electrons. The smallest absolute Gasteiger partial charge is 0.165 e.